The van der Waals surface area contributed by atoms with Gasteiger partial charge in [0.2, 0.25) is 0 Å². The molecule has 0 heterocycles. The smallest absolute Gasteiger partial charge is 0 e. The molecule has 10 rings (SSSR count). The molecule has 342 valence electrons. The van der Waals surface area contributed by atoms with Gasteiger partial charge >= 0.3 is 0 Å². The molecule has 10 heteroatoms. The van der Waals surface area contributed by atoms with Crippen LogP contribution in [0.3, 0.4) is 0 Å². The first kappa shape index (κ1) is 96.6. The van der Waals surface area contributed by atoms with E-state index in [-0.39, 0.29) is 357 Å². The van der Waals surface area contributed by atoms with Crippen LogP contribution in [0.2, 0.25) is 0 Å². The Labute approximate surface area is 672 Å². The van der Waals surface area contributed by atoms with Gasteiger partial charge in [-0.2, -0.15) is 0 Å². The first-order valence-electron chi connectivity index (χ1n) is 20.9. The Balaban J connectivity index is -0.0000000914. The zero-order valence-corrected chi connectivity index (χ0v) is 74.1. The molecule has 0 saturated heterocycles. The van der Waals surface area contributed by atoms with Crippen molar-refractivity contribution in [3.05, 3.63) is 193 Å². The summed E-state index contributed by atoms with van der Waals surface area (Å²) < 4.78 is 0. The Morgan fingerprint density at radius 1 is 0.250 bits per heavy atom. The van der Waals surface area contributed by atoms with Crippen LogP contribution in [-0.2, 0) is 353 Å². The Bertz CT molecular complexity index is 2320. The van der Waals surface area contributed by atoms with Gasteiger partial charge in [-0.3, -0.25) is 0 Å². The van der Waals surface area contributed by atoms with E-state index in [4.69, 9.17) is 0 Å². The van der Waals surface area contributed by atoms with Crippen molar-refractivity contribution in [1.29, 1.82) is 0 Å². The minimum Gasteiger partial charge on any atom is -0.358 e. The summed E-state index contributed by atoms with van der Waals surface area (Å²) in [5, 5.41) is 0. The Morgan fingerprint density at radius 3 is 0.926 bits per heavy atom. The quantitative estimate of drug-likeness (QED) is 0.133. The summed E-state index contributed by atoms with van der Waals surface area (Å²) >= 11 is 0. The molecule has 0 aromatic heterocycles. The van der Waals surface area contributed by atoms with Crippen LogP contribution in [0.25, 0.3) is 44.5 Å². The molecule has 0 aliphatic heterocycles. The van der Waals surface area contributed by atoms with Crippen molar-refractivity contribution in [3.8, 4) is 44.5 Å². The largest absolute Gasteiger partial charge is 0.358 e. The molecular weight excluding hydrogens is 1590 g/mol. The minimum atomic E-state index is 0. The molecule has 0 unspecified atom stereocenters. The number of fused-ring (bicyclic) bond motifs is 12. The molecule has 0 fully saturated rings. The average Bonchev–Trinajstić information content (AvgIpc) is 3.94. The molecule has 6 aromatic rings. The summed E-state index contributed by atoms with van der Waals surface area (Å²) in [6.45, 7) is 29.3. The van der Waals surface area contributed by atoms with Gasteiger partial charge in [0, 0.05) is 327 Å². The molecule has 10 radical (unpaired) electrons. The SMILES string of the molecule is CC.CC.CC.CC.Cc1cc(C)c2c(c1)-c1cc3c(cc1C2)-c1cccc(C)c1C3.Cc1ccc2c(c1)-c1cc3c(cc1C2)-c1cc(C)cc(C)c1C3.[CH3-].[CH3-].[CH3-].[CH3-].[Y].[Y].[Y].[Y].[Y].[Y].[Y].[Y].[Y].[Y]. The first-order valence-corrected chi connectivity index (χ1v) is 20.9. The predicted molar refractivity (Wildman–Crippen MR) is 265 cm³/mol. The van der Waals surface area contributed by atoms with Crippen LogP contribution in [0.15, 0.2) is 84.9 Å². The van der Waals surface area contributed by atoms with Gasteiger partial charge in [0.25, 0.3) is 0 Å². The molecule has 0 spiro atoms. The van der Waals surface area contributed by atoms with Crippen molar-refractivity contribution in [2.75, 3.05) is 0 Å². The fraction of sp³-hybridized carbons (Fsp3) is 0.310. The number of rotatable bonds is 0. The summed E-state index contributed by atoms with van der Waals surface area (Å²) in [7, 11) is 0. The van der Waals surface area contributed by atoms with Crippen molar-refractivity contribution in [2.24, 2.45) is 0 Å². The van der Waals surface area contributed by atoms with E-state index in [0.717, 1.165) is 25.7 Å². The van der Waals surface area contributed by atoms with Crippen LogP contribution in [-0.4, -0.2) is 0 Å². The van der Waals surface area contributed by atoms with Crippen LogP contribution >= 0.6 is 0 Å². The van der Waals surface area contributed by atoms with Gasteiger partial charge in [-0.1, -0.05) is 133 Å². The Hall–Kier alpha value is 6.36. The molecule has 0 atom stereocenters. The van der Waals surface area contributed by atoms with Crippen LogP contribution in [0.5, 0.6) is 0 Å². The van der Waals surface area contributed by atoms with Gasteiger partial charge in [0.1, 0.15) is 0 Å². The van der Waals surface area contributed by atoms with E-state index in [1.54, 1.807) is 0 Å². The number of hydrogen-bond donors (Lipinski definition) is 0. The second kappa shape index (κ2) is 47.0. The van der Waals surface area contributed by atoms with Crippen LogP contribution in [0.1, 0.15) is 133 Å². The number of aryl methyl sites for hydroxylation is 6. The van der Waals surface area contributed by atoms with E-state index in [0.29, 0.717) is 0 Å². The zero-order chi connectivity index (χ0) is 39.4. The molecular formula is C58H76Y10-4. The van der Waals surface area contributed by atoms with Crippen molar-refractivity contribution in [1.82, 2.24) is 0 Å². The summed E-state index contributed by atoms with van der Waals surface area (Å²) in [4.78, 5) is 0. The van der Waals surface area contributed by atoms with Crippen LogP contribution in [0, 0.1) is 71.2 Å². The first-order chi connectivity index (χ1) is 26.2. The molecule has 0 nitrogen and oxygen atoms in total. The van der Waals surface area contributed by atoms with Gasteiger partial charge in [-0.25, -0.2) is 0 Å². The van der Waals surface area contributed by atoms with Gasteiger partial charge in [-0.15, -0.1) is 0 Å². The second-order valence-corrected chi connectivity index (χ2v) is 14.5. The molecule has 68 heavy (non-hydrogen) atoms. The predicted octanol–water partition coefficient (Wildman–Crippen LogP) is 17.4. The minimum absolute atomic E-state index is 0. The fourth-order valence-electron chi connectivity index (χ4n) is 8.97. The van der Waals surface area contributed by atoms with E-state index < -0.39 is 0 Å². The van der Waals surface area contributed by atoms with Crippen molar-refractivity contribution in [2.45, 2.75) is 123 Å². The topological polar surface area (TPSA) is 0 Å². The average molecular weight is 1660 g/mol. The second-order valence-electron chi connectivity index (χ2n) is 14.5. The standard InChI is InChI=1S/2C23H20.4C2H6.4CH3.10Y/c1-13-4-5-16-9-17-11-22-18(12-21(17)20(16)7-13)10-19-15(3)6-14(2)8-23(19)22;1-13-7-15(3)20-10-17-11-21-16(12-22(17)23(20)8-13)9-19-14(2)5-4-6-18(19)21;4*1-2;;;;;;;;;;;;;;/h2*4-8,11-12H,9-10H2,1-3H3;4*1-2H3;4*1H3;;;;;;;;;;/q;;;;;;4*-1;;;;;;;;;;. The maximum absolute atomic E-state index is 2.47. The van der Waals surface area contributed by atoms with E-state index in [9.17, 15) is 0 Å². The fourth-order valence-corrected chi connectivity index (χ4v) is 8.97. The normalized spacial score (nSPS) is 9.50. The van der Waals surface area contributed by atoms with E-state index in [1.165, 1.54) is 122 Å². The van der Waals surface area contributed by atoms with Gasteiger partial charge in [0.05, 0.1) is 0 Å². The summed E-state index contributed by atoms with van der Waals surface area (Å²) in [5.41, 5.74) is 32.1. The van der Waals surface area contributed by atoms with E-state index in [1.807, 2.05) is 55.4 Å². The Morgan fingerprint density at radius 2 is 0.544 bits per heavy atom. The summed E-state index contributed by atoms with van der Waals surface area (Å²) in [5.74, 6) is 0. The van der Waals surface area contributed by atoms with Crippen molar-refractivity contribution in [3.63, 3.8) is 0 Å². The molecule has 0 bridgehead atoms. The van der Waals surface area contributed by atoms with E-state index >= 15 is 0 Å². The monoisotopic (exact) mass is 1660 g/mol. The molecule has 0 saturated carbocycles. The molecule has 4 aliphatic carbocycles. The van der Waals surface area contributed by atoms with Crippen LogP contribution < -0.4 is 0 Å². The third kappa shape index (κ3) is 22.0. The van der Waals surface area contributed by atoms with Crippen molar-refractivity contribution >= 4 is 0 Å². The molecule has 0 amide bonds. The summed E-state index contributed by atoms with van der Waals surface area (Å²) in [6, 6.07) is 32.8. The van der Waals surface area contributed by atoms with E-state index in [2.05, 4.69) is 126 Å². The van der Waals surface area contributed by atoms with Crippen molar-refractivity contribution < 1.29 is 327 Å². The van der Waals surface area contributed by atoms with Gasteiger partial charge in [-0.05, 0) is 197 Å². The maximum Gasteiger partial charge on any atom is 0 e. The Kier molecular flexibility index (Phi) is 66.8. The van der Waals surface area contributed by atoms with Gasteiger partial charge < -0.3 is 29.7 Å². The third-order valence-electron chi connectivity index (χ3n) is 11.2. The third-order valence-corrected chi connectivity index (χ3v) is 11.2. The van der Waals surface area contributed by atoms with Crippen LogP contribution in [0.4, 0.5) is 0 Å². The molecule has 4 aliphatic rings. The van der Waals surface area contributed by atoms with Gasteiger partial charge in [0.15, 0.2) is 0 Å². The number of benzene rings is 6. The zero-order valence-electron chi connectivity index (χ0n) is 45.7. The maximum atomic E-state index is 2.47. The molecule has 6 aromatic carbocycles. The number of hydrogen-bond acceptors (Lipinski definition) is 0. The summed E-state index contributed by atoms with van der Waals surface area (Å²) in [6.07, 6.45) is 4.35. The molecule has 0 N–H and O–H groups in total.